The lowest BCUT2D eigenvalue weighted by Crippen LogP contribution is -2.40. The van der Waals surface area contributed by atoms with E-state index in [0.29, 0.717) is 34.7 Å². The van der Waals surface area contributed by atoms with E-state index in [2.05, 4.69) is 31.2 Å². The van der Waals surface area contributed by atoms with Crippen LogP contribution >= 0.6 is 15.9 Å². The molecule has 1 N–H and O–H groups in total. The zero-order valence-electron chi connectivity index (χ0n) is 21.3. The summed E-state index contributed by atoms with van der Waals surface area (Å²) in [5, 5.41) is 2.95. The van der Waals surface area contributed by atoms with Crippen molar-refractivity contribution in [3.8, 4) is 0 Å². The second kappa shape index (κ2) is 19.5. The summed E-state index contributed by atoms with van der Waals surface area (Å²) in [5.41, 5.74) is 1.39. The Hall–Kier alpha value is -1.47. The first-order valence-electron chi connectivity index (χ1n) is 11.2. The summed E-state index contributed by atoms with van der Waals surface area (Å²) in [6.45, 7) is 24.9. The van der Waals surface area contributed by atoms with Crippen LogP contribution in [0, 0.1) is 0 Å². The van der Waals surface area contributed by atoms with E-state index in [0.717, 1.165) is 6.42 Å². The smallest absolute Gasteiger partial charge is 0.255 e. The average molecular weight is 490 g/mol. The van der Waals surface area contributed by atoms with Crippen LogP contribution < -0.4 is 5.32 Å². The van der Waals surface area contributed by atoms with E-state index < -0.39 is 0 Å². The van der Waals surface area contributed by atoms with Gasteiger partial charge in [-0.25, -0.2) is 9.97 Å². The van der Waals surface area contributed by atoms with Crippen LogP contribution in [0.4, 0.5) is 0 Å². The molecule has 0 aliphatic heterocycles. The molecule has 2 aromatic heterocycles. The standard InChI is InChI=1S/C15H21BrN4O2.4C2H6/c1-5-6-22-9-20-8-10(14(21)19-15(2,3)4)12-13(20)17-7-11(16)18-12;4*1-2/h7-8H,5-6,9H2,1-4H3,(H,19,21);4*1-2H3. The van der Waals surface area contributed by atoms with Crippen molar-refractivity contribution in [2.75, 3.05) is 6.61 Å². The second-order valence-electron chi connectivity index (χ2n) is 6.12. The van der Waals surface area contributed by atoms with Gasteiger partial charge < -0.3 is 14.6 Å². The van der Waals surface area contributed by atoms with Crippen molar-refractivity contribution in [2.24, 2.45) is 0 Å². The molecule has 0 saturated carbocycles. The zero-order chi connectivity index (χ0) is 24.3. The highest BCUT2D eigenvalue weighted by atomic mass is 79.9. The van der Waals surface area contributed by atoms with Crippen LogP contribution in [0.2, 0.25) is 0 Å². The molecule has 0 spiro atoms. The number of ether oxygens (including phenoxy) is 1. The molecule has 0 aliphatic carbocycles. The molecular formula is C23H45BrN4O2. The van der Waals surface area contributed by atoms with Gasteiger partial charge >= 0.3 is 0 Å². The number of rotatable bonds is 5. The van der Waals surface area contributed by atoms with Crippen LogP contribution in [0.5, 0.6) is 0 Å². The van der Waals surface area contributed by atoms with Crippen LogP contribution in [0.15, 0.2) is 17.0 Å². The first kappa shape index (κ1) is 33.2. The molecule has 0 fully saturated rings. The van der Waals surface area contributed by atoms with Crippen LogP contribution in [-0.4, -0.2) is 32.6 Å². The van der Waals surface area contributed by atoms with Crippen molar-refractivity contribution in [3.63, 3.8) is 0 Å². The van der Waals surface area contributed by atoms with Gasteiger partial charge in [-0.1, -0.05) is 62.3 Å². The van der Waals surface area contributed by atoms with Crippen LogP contribution in [0.1, 0.15) is 99.9 Å². The number of halogens is 1. The van der Waals surface area contributed by atoms with Gasteiger partial charge in [0, 0.05) is 18.3 Å². The lowest BCUT2D eigenvalue weighted by atomic mass is 10.1. The molecule has 2 rings (SSSR count). The molecule has 2 heterocycles. The Morgan fingerprint density at radius 2 is 1.63 bits per heavy atom. The second-order valence-corrected chi connectivity index (χ2v) is 6.93. The van der Waals surface area contributed by atoms with E-state index in [1.54, 1.807) is 12.4 Å². The Morgan fingerprint density at radius 3 is 2.10 bits per heavy atom. The molecule has 0 aliphatic rings. The third kappa shape index (κ3) is 12.3. The van der Waals surface area contributed by atoms with Gasteiger partial charge in [-0.2, -0.15) is 0 Å². The van der Waals surface area contributed by atoms with E-state index in [4.69, 9.17) is 4.74 Å². The van der Waals surface area contributed by atoms with E-state index in [9.17, 15) is 4.79 Å². The lowest BCUT2D eigenvalue weighted by molar-refractivity contribution is 0.0797. The van der Waals surface area contributed by atoms with Crippen molar-refractivity contribution < 1.29 is 9.53 Å². The molecule has 0 unspecified atom stereocenters. The molecular weight excluding hydrogens is 444 g/mol. The fourth-order valence-electron chi connectivity index (χ4n) is 2.01. The molecule has 0 saturated heterocycles. The number of hydrogen-bond acceptors (Lipinski definition) is 4. The van der Waals surface area contributed by atoms with E-state index in [-0.39, 0.29) is 11.4 Å². The highest BCUT2D eigenvalue weighted by molar-refractivity contribution is 9.10. The maximum absolute atomic E-state index is 12.5. The maximum atomic E-state index is 12.5. The zero-order valence-corrected chi connectivity index (χ0v) is 22.9. The number of nitrogens with one attached hydrogen (secondary N) is 1. The van der Waals surface area contributed by atoms with E-state index in [1.807, 2.05) is 87.7 Å². The summed E-state index contributed by atoms with van der Waals surface area (Å²) in [6.07, 6.45) is 4.30. The van der Waals surface area contributed by atoms with Gasteiger partial charge in [0.1, 0.15) is 16.9 Å². The fraction of sp³-hybridized carbons (Fsp3) is 0.696. The average Bonchev–Trinajstić information content (AvgIpc) is 3.11. The molecule has 7 heteroatoms. The molecule has 2 aromatic rings. The highest BCUT2D eigenvalue weighted by Gasteiger charge is 2.21. The van der Waals surface area contributed by atoms with Crippen molar-refractivity contribution >= 4 is 33.0 Å². The first-order valence-corrected chi connectivity index (χ1v) is 12.0. The van der Waals surface area contributed by atoms with Gasteiger partial charge in [-0.05, 0) is 43.1 Å². The third-order valence-corrected chi connectivity index (χ3v) is 3.23. The SMILES string of the molecule is CC.CC.CC.CC.CCCOCn1cc(C(=O)NC(C)(C)C)c2nc(Br)cnc21. The Labute approximate surface area is 193 Å². The van der Waals surface area contributed by atoms with Crippen molar-refractivity contribution in [2.45, 2.75) is 102 Å². The maximum Gasteiger partial charge on any atom is 0.255 e. The van der Waals surface area contributed by atoms with Crippen LogP contribution in [0.25, 0.3) is 11.2 Å². The van der Waals surface area contributed by atoms with Gasteiger partial charge in [0.05, 0.1) is 11.8 Å². The van der Waals surface area contributed by atoms with Gasteiger partial charge in [0.2, 0.25) is 0 Å². The van der Waals surface area contributed by atoms with Gasteiger partial charge in [0.15, 0.2) is 5.65 Å². The number of aromatic nitrogens is 3. The van der Waals surface area contributed by atoms with Gasteiger partial charge in [-0.15, -0.1) is 0 Å². The summed E-state index contributed by atoms with van der Waals surface area (Å²) in [7, 11) is 0. The molecule has 30 heavy (non-hydrogen) atoms. The van der Waals surface area contributed by atoms with E-state index in [1.165, 1.54) is 0 Å². The van der Waals surface area contributed by atoms with Crippen molar-refractivity contribution in [1.82, 2.24) is 19.9 Å². The molecule has 1 amide bonds. The number of carbonyl (C=O) groups excluding carboxylic acids is 1. The predicted molar refractivity (Wildman–Crippen MR) is 134 cm³/mol. The Bertz CT molecular complexity index is 680. The molecule has 6 nitrogen and oxygen atoms in total. The molecule has 176 valence electrons. The summed E-state index contributed by atoms with van der Waals surface area (Å²) in [6, 6.07) is 0. The number of hydrogen-bond donors (Lipinski definition) is 1. The van der Waals surface area contributed by atoms with Crippen molar-refractivity contribution in [3.05, 3.63) is 22.6 Å². The third-order valence-electron chi connectivity index (χ3n) is 2.85. The first-order chi connectivity index (χ1) is 14.3. The van der Waals surface area contributed by atoms with Crippen molar-refractivity contribution in [1.29, 1.82) is 0 Å². The van der Waals surface area contributed by atoms with Crippen LogP contribution in [-0.2, 0) is 11.5 Å². The molecule has 0 bridgehead atoms. The fourth-order valence-corrected chi connectivity index (χ4v) is 2.29. The Kier molecular flexibility index (Phi) is 21.6. The number of carbonyl (C=O) groups is 1. The predicted octanol–water partition coefficient (Wildman–Crippen LogP) is 7.21. The summed E-state index contributed by atoms with van der Waals surface area (Å²) in [4.78, 5) is 21.2. The molecule has 0 radical (unpaired) electrons. The van der Waals surface area contributed by atoms with Gasteiger partial charge in [0.25, 0.3) is 5.91 Å². The van der Waals surface area contributed by atoms with Crippen LogP contribution in [0.3, 0.4) is 0 Å². The minimum absolute atomic E-state index is 0.167. The summed E-state index contributed by atoms with van der Waals surface area (Å²) in [5.74, 6) is -0.167. The minimum atomic E-state index is -0.316. The quantitative estimate of drug-likeness (QED) is 0.451. The molecule has 0 atom stereocenters. The lowest BCUT2D eigenvalue weighted by Gasteiger charge is -2.19. The van der Waals surface area contributed by atoms with Gasteiger partial charge in [-0.3, -0.25) is 4.79 Å². The largest absolute Gasteiger partial charge is 0.361 e. The van der Waals surface area contributed by atoms with E-state index >= 15 is 0 Å². The Morgan fingerprint density at radius 1 is 1.10 bits per heavy atom. The monoisotopic (exact) mass is 488 g/mol. The molecule has 0 aromatic carbocycles. The minimum Gasteiger partial charge on any atom is -0.361 e. The number of fused-ring (bicyclic) bond motifs is 1. The number of nitrogens with zero attached hydrogens (tertiary/aromatic N) is 3. The number of amides is 1. The normalized spacial score (nSPS) is 9.50. The Balaban J connectivity index is -0.000000815. The topological polar surface area (TPSA) is 69.0 Å². The highest BCUT2D eigenvalue weighted by Crippen LogP contribution is 2.20. The summed E-state index contributed by atoms with van der Waals surface area (Å²) >= 11 is 3.30. The summed E-state index contributed by atoms with van der Waals surface area (Å²) < 4.78 is 7.95.